The van der Waals surface area contributed by atoms with E-state index in [2.05, 4.69) is 69.3 Å². The van der Waals surface area contributed by atoms with E-state index in [1.807, 2.05) is 12.1 Å². The third kappa shape index (κ3) is 5.97. The number of halogens is 2. The van der Waals surface area contributed by atoms with Crippen LogP contribution in [0.3, 0.4) is 0 Å². The summed E-state index contributed by atoms with van der Waals surface area (Å²) in [5.74, 6) is 0.364. The molecule has 178 valence electrons. The molecule has 0 radical (unpaired) electrons. The maximum Gasteiger partial charge on any atom is 0.164 e. The first kappa shape index (κ1) is 26.2. The highest BCUT2D eigenvalue weighted by molar-refractivity contribution is 9.10. The summed E-state index contributed by atoms with van der Waals surface area (Å²) in [5.41, 5.74) is 3.65. The van der Waals surface area contributed by atoms with Crippen molar-refractivity contribution in [1.82, 2.24) is 4.57 Å². The summed E-state index contributed by atoms with van der Waals surface area (Å²) < 4.78 is 3.95. The second-order valence-electron chi connectivity index (χ2n) is 8.91. The molecule has 0 atom stereocenters. The number of Topliss-reactive ketones (excluding diaryl/α,β-unsaturated/α-hetero) is 2. The summed E-state index contributed by atoms with van der Waals surface area (Å²) in [5, 5.41) is 2.08. The number of unbranched alkanes of at least 4 members (excludes halogenated alkanes) is 6. The van der Waals surface area contributed by atoms with E-state index in [0.29, 0.717) is 12.8 Å². The third-order valence-electron chi connectivity index (χ3n) is 6.47. The number of fused-ring (bicyclic) bond motifs is 3. The van der Waals surface area contributed by atoms with Crippen molar-refractivity contribution in [2.45, 2.75) is 91.5 Å². The third-order valence-corrected chi connectivity index (χ3v) is 7.79. The number of rotatable bonds is 13. The molecule has 1 aromatic heterocycles. The van der Waals surface area contributed by atoms with Gasteiger partial charge in [-0.2, -0.15) is 0 Å². The first-order chi connectivity index (χ1) is 15.9. The molecule has 0 saturated carbocycles. The van der Waals surface area contributed by atoms with Crippen LogP contribution in [0.2, 0.25) is 0 Å². The lowest BCUT2D eigenvalue weighted by molar-refractivity contribution is 0.0970. The van der Waals surface area contributed by atoms with E-state index in [9.17, 15) is 9.59 Å². The largest absolute Gasteiger partial charge is 0.341 e. The number of carbonyl (C=O) groups is 2. The van der Waals surface area contributed by atoms with Crippen LogP contribution in [0, 0.1) is 0 Å². The molecule has 0 saturated heterocycles. The van der Waals surface area contributed by atoms with Gasteiger partial charge in [-0.25, -0.2) is 0 Å². The van der Waals surface area contributed by atoms with Gasteiger partial charge >= 0.3 is 0 Å². The van der Waals surface area contributed by atoms with Gasteiger partial charge in [0.15, 0.2) is 11.6 Å². The van der Waals surface area contributed by atoms with Crippen LogP contribution in [0.5, 0.6) is 0 Å². The molecule has 0 spiro atoms. The van der Waals surface area contributed by atoms with Crippen molar-refractivity contribution in [3.63, 3.8) is 0 Å². The smallest absolute Gasteiger partial charge is 0.164 e. The zero-order valence-corrected chi connectivity index (χ0v) is 23.3. The predicted octanol–water partition coefficient (Wildman–Crippen LogP) is 9.65. The van der Waals surface area contributed by atoms with Crippen LogP contribution in [-0.4, -0.2) is 16.1 Å². The van der Waals surface area contributed by atoms with Crippen molar-refractivity contribution in [3.8, 4) is 0 Å². The Bertz CT molecular complexity index is 1060. The summed E-state index contributed by atoms with van der Waals surface area (Å²) in [4.78, 5) is 26.0. The van der Waals surface area contributed by atoms with Crippen LogP contribution >= 0.6 is 31.9 Å². The number of ketones is 2. The highest BCUT2D eigenvalue weighted by atomic mass is 79.9. The number of hydrogen-bond donors (Lipinski definition) is 0. The molecule has 0 aliphatic heterocycles. The predicted molar refractivity (Wildman–Crippen MR) is 147 cm³/mol. The molecule has 0 bridgehead atoms. The maximum atomic E-state index is 13.0. The molecule has 3 rings (SSSR count). The fraction of sp³-hybridized carbons (Fsp3) is 0.500. The van der Waals surface area contributed by atoms with Crippen molar-refractivity contribution in [2.75, 3.05) is 0 Å². The van der Waals surface area contributed by atoms with Gasteiger partial charge in [0.05, 0.1) is 11.0 Å². The first-order valence-corrected chi connectivity index (χ1v) is 14.0. The van der Waals surface area contributed by atoms with Crippen molar-refractivity contribution >= 4 is 65.2 Å². The number of hydrogen-bond acceptors (Lipinski definition) is 2. The van der Waals surface area contributed by atoms with Gasteiger partial charge in [-0.1, -0.05) is 52.4 Å². The second-order valence-corrected chi connectivity index (χ2v) is 10.6. The Balaban J connectivity index is 2.02. The van der Waals surface area contributed by atoms with Gasteiger partial charge in [-0.15, -0.1) is 0 Å². The first-order valence-electron chi connectivity index (χ1n) is 12.4. The van der Waals surface area contributed by atoms with Crippen LogP contribution in [0.1, 0.15) is 106 Å². The van der Waals surface area contributed by atoms with Crippen LogP contribution in [0.25, 0.3) is 21.8 Å². The zero-order chi connectivity index (χ0) is 24.0. The van der Waals surface area contributed by atoms with Gasteiger partial charge in [-0.05, 0) is 75.9 Å². The van der Waals surface area contributed by atoms with Gasteiger partial charge in [0, 0.05) is 50.2 Å². The minimum absolute atomic E-state index is 0.182. The van der Waals surface area contributed by atoms with Crippen molar-refractivity contribution in [2.24, 2.45) is 0 Å². The molecule has 0 N–H and O–H groups in total. The Kier molecular flexibility index (Phi) is 9.75. The Morgan fingerprint density at radius 2 is 1.09 bits per heavy atom. The topological polar surface area (TPSA) is 39.1 Å². The number of carbonyl (C=O) groups excluding carboxylic acids is 2. The number of benzene rings is 2. The van der Waals surface area contributed by atoms with Crippen LogP contribution in [0.4, 0.5) is 0 Å². The van der Waals surface area contributed by atoms with Crippen molar-refractivity contribution in [1.29, 1.82) is 0 Å². The Morgan fingerprint density at radius 3 is 1.45 bits per heavy atom. The quantitative estimate of drug-likeness (QED) is 0.150. The molecule has 1 heterocycles. The summed E-state index contributed by atoms with van der Waals surface area (Å²) >= 11 is 7.31. The van der Waals surface area contributed by atoms with E-state index in [1.165, 1.54) is 12.8 Å². The highest BCUT2D eigenvalue weighted by Gasteiger charge is 2.19. The Hall–Kier alpha value is -1.46. The molecule has 0 unspecified atom stereocenters. The van der Waals surface area contributed by atoms with Crippen LogP contribution in [0.15, 0.2) is 33.2 Å². The number of aromatic nitrogens is 1. The van der Waals surface area contributed by atoms with Gasteiger partial charge in [0.2, 0.25) is 0 Å². The van der Waals surface area contributed by atoms with Crippen LogP contribution in [-0.2, 0) is 6.54 Å². The Labute approximate surface area is 214 Å². The molecule has 0 aliphatic rings. The van der Waals surface area contributed by atoms with Gasteiger partial charge in [0.1, 0.15) is 0 Å². The van der Waals surface area contributed by atoms with Crippen molar-refractivity contribution in [3.05, 3.63) is 44.3 Å². The molecule has 0 fully saturated rings. The molecule has 5 heteroatoms. The van der Waals surface area contributed by atoms with Crippen LogP contribution < -0.4 is 0 Å². The zero-order valence-electron chi connectivity index (χ0n) is 20.1. The SMILES string of the molecule is CCCCCCC(=O)c1cc2c3cc(C(=O)CCCCCC)c(Br)cc3n(CC)c2cc1Br. The maximum absolute atomic E-state index is 13.0. The summed E-state index contributed by atoms with van der Waals surface area (Å²) in [6, 6.07) is 8.19. The molecule has 0 aliphatic carbocycles. The molecule has 3 aromatic rings. The monoisotopic (exact) mass is 575 g/mol. The summed E-state index contributed by atoms with van der Waals surface area (Å²) in [6.07, 6.45) is 9.85. The number of aryl methyl sites for hydroxylation is 1. The normalized spacial score (nSPS) is 11.5. The average Bonchev–Trinajstić information content (AvgIpc) is 3.09. The van der Waals surface area contributed by atoms with E-state index in [-0.39, 0.29) is 11.6 Å². The van der Waals surface area contributed by atoms with Crippen molar-refractivity contribution < 1.29 is 9.59 Å². The lowest BCUT2D eigenvalue weighted by Gasteiger charge is -2.07. The van der Waals surface area contributed by atoms with Gasteiger partial charge < -0.3 is 4.57 Å². The van der Waals surface area contributed by atoms with E-state index in [4.69, 9.17) is 0 Å². The standard InChI is InChI=1S/C28H35Br2NO2/c1-4-7-9-11-13-27(32)21-15-19-20-16-22(28(33)14-12-10-8-5-2)24(30)18-26(20)31(6-3)25(19)17-23(21)29/h15-18H,4-14H2,1-3H3. The average molecular weight is 577 g/mol. The summed E-state index contributed by atoms with van der Waals surface area (Å²) in [6.45, 7) is 7.30. The molecule has 3 nitrogen and oxygen atoms in total. The fourth-order valence-electron chi connectivity index (χ4n) is 4.60. The van der Waals surface area contributed by atoms with E-state index in [0.717, 1.165) is 86.9 Å². The fourth-order valence-corrected chi connectivity index (χ4v) is 5.70. The highest BCUT2D eigenvalue weighted by Crippen LogP contribution is 2.37. The minimum atomic E-state index is 0.182. The molecular weight excluding hydrogens is 542 g/mol. The lowest BCUT2D eigenvalue weighted by atomic mass is 9.99. The van der Waals surface area contributed by atoms with E-state index in [1.54, 1.807) is 0 Å². The molecule has 2 aromatic carbocycles. The van der Waals surface area contributed by atoms with Gasteiger partial charge in [0.25, 0.3) is 0 Å². The number of nitrogens with zero attached hydrogens (tertiary/aromatic N) is 1. The Morgan fingerprint density at radius 1 is 0.667 bits per heavy atom. The van der Waals surface area contributed by atoms with E-state index < -0.39 is 0 Å². The van der Waals surface area contributed by atoms with E-state index >= 15 is 0 Å². The molecular formula is C28H35Br2NO2. The van der Waals surface area contributed by atoms with Gasteiger partial charge in [-0.3, -0.25) is 9.59 Å². The minimum Gasteiger partial charge on any atom is -0.341 e. The molecule has 33 heavy (non-hydrogen) atoms. The lowest BCUT2D eigenvalue weighted by Crippen LogP contribution is -2.01. The molecule has 0 amide bonds. The second kappa shape index (κ2) is 12.3. The summed E-state index contributed by atoms with van der Waals surface area (Å²) in [7, 11) is 0.